The Kier molecular flexibility index (Phi) is 4.52. The van der Waals surface area contributed by atoms with Gasteiger partial charge in [-0.2, -0.15) is 0 Å². The lowest BCUT2D eigenvalue weighted by Crippen LogP contribution is -2.21. The van der Waals surface area contributed by atoms with E-state index in [4.69, 9.17) is 4.52 Å². The second-order valence-electron chi connectivity index (χ2n) is 6.32. The van der Waals surface area contributed by atoms with Crippen molar-refractivity contribution in [1.29, 1.82) is 0 Å². The van der Waals surface area contributed by atoms with Gasteiger partial charge >= 0.3 is 0 Å². The van der Waals surface area contributed by atoms with E-state index in [1.807, 2.05) is 0 Å². The summed E-state index contributed by atoms with van der Waals surface area (Å²) in [5, 5.41) is 6.77. The summed E-state index contributed by atoms with van der Waals surface area (Å²) in [6.45, 7) is 3.62. The standard InChI is InChI=1S/C19H15FN4O3S/c1-10-6-14(23-27-10)22-17(25)16-11(2)15-18(28-16)21-9-24(19(15)26)8-12-4-3-5-13(20)7-12/h3-7,9H,8H2,1-2H3,(H,22,23,25). The summed E-state index contributed by atoms with van der Waals surface area (Å²) >= 11 is 1.13. The third kappa shape index (κ3) is 3.31. The minimum atomic E-state index is -0.384. The summed E-state index contributed by atoms with van der Waals surface area (Å²) in [4.78, 5) is 30.7. The number of benzene rings is 1. The second kappa shape index (κ2) is 7.01. The van der Waals surface area contributed by atoms with Gasteiger partial charge in [-0.3, -0.25) is 14.2 Å². The van der Waals surface area contributed by atoms with E-state index in [0.717, 1.165) is 11.3 Å². The van der Waals surface area contributed by atoms with Crippen LogP contribution >= 0.6 is 11.3 Å². The number of hydrogen-bond acceptors (Lipinski definition) is 6. The molecule has 0 saturated heterocycles. The predicted molar refractivity (Wildman–Crippen MR) is 103 cm³/mol. The Balaban J connectivity index is 1.70. The highest BCUT2D eigenvalue weighted by Crippen LogP contribution is 2.27. The van der Waals surface area contributed by atoms with Gasteiger partial charge in [0.25, 0.3) is 11.5 Å². The first-order valence-electron chi connectivity index (χ1n) is 8.40. The number of anilines is 1. The molecule has 0 spiro atoms. The van der Waals surface area contributed by atoms with E-state index in [0.29, 0.717) is 37.8 Å². The van der Waals surface area contributed by atoms with Gasteiger partial charge in [0.1, 0.15) is 16.4 Å². The minimum absolute atomic E-state index is 0.189. The molecule has 0 fully saturated rings. The Morgan fingerprint density at radius 2 is 2.14 bits per heavy atom. The van der Waals surface area contributed by atoms with Crippen LogP contribution < -0.4 is 10.9 Å². The second-order valence-corrected chi connectivity index (χ2v) is 7.32. The van der Waals surface area contributed by atoms with Crippen molar-refractivity contribution < 1.29 is 13.7 Å². The number of carbonyl (C=O) groups is 1. The maximum Gasteiger partial charge on any atom is 0.267 e. The van der Waals surface area contributed by atoms with Crippen molar-refractivity contribution >= 4 is 33.3 Å². The molecule has 0 atom stereocenters. The number of carbonyl (C=O) groups excluding carboxylic acids is 1. The number of thiophene rings is 1. The van der Waals surface area contributed by atoms with Crippen LogP contribution in [0.2, 0.25) is 0 Å². The number of rotatable bonds is 4. The molecule has 3 aromatic heterocycles. The molecule has 0 saturated carbocycles. The number of halogens is 1. The van der Waals surface area contributed by atoms with Crippen molar-refractivity contribution in [3.05, 3.63) is 74.6 Å². The first-order chi connectivity index (χ1) is 13.4. The molecule has 0 aliphatic carbocycles. The van der Waals surface area contributed by atoms with Crippen LogP contribution in [0, 0.1) is 19.7 Å². The number of fused-ring (bicyclic) bond motifs is 1. The van der Waals surface area contributed by atoms with E-state index in [9.17, 15) is 14.0 Å². The van der Waals surface area contributed by atoms with Crippen molar-refractivity contribution in [2.24, 2.45) is 0 Å². The fourth-order valence-electron chi connectivity index (χ4n) is 2.92. The highest BCUT2D eigenvalue weighted by atomic mass is 32.1. The monoisotopic (exact) mass is 398 g/mol. The van der Waals surface area contributed by atoms with E-state index >= 15 is 0 Å². The highest BCUT2D eigenvalue weighted by molar-refractivity contribution is 7.20. The Morgan fingerprint density at radius 1 is 1.32 bits per heavy atom. The third-order valence-electron chi connectivity index (χ3n) is 4.24. The van der Waals surface area contributed by atoms with E-state index in [1.165, 1.54) is 23.0 Å². The van der Waals surface area contributed by atoms with Gasteiger partial charge in [0.2, 0.25) is 0 Å². The first kappa shape index (κ1) is 18.1. The van der Waals surface area contributed by atoms with E-state index < -0.39 is 0 Å². The number of nitrogens with one attached hydrogen (secondary N) is 1. The highest BCUT2D eigenvalue weighted by Gasteiger charge is 2.20. The zero-order valence-corrected chi connectivity index (χ0v) is 15.8. The Hall–Kier alpha value is -3.33. The van der Waals surface area contributed by atoms with Crippen molar-refractivity contribution in [2.45, 2.75) is 20.4 Å². The van der Waals surface area contributed by atoms with Crippen LogP contribution in [-0.4, -0.2) is 20.6 Å². The van der Waals surface area contributed by atoms with Crippen LogP contribution in [0.15, 0.2) is 46.0 Å². The minimum Gasteiger partial charge on any atom is -0.360 e. The molecular weight excluding hydrogens is 383 g/mol. The molecule has 3 heterocycles. The zero-order valence-electron chi connectivity index (χ0n) is 15.0. The number of aromatic nitrogens is 3. The van der Waals surface area contributed by atoms with Crippen LogP contribution in [-0.2, 0) is 6.54 Å². The summed E-state index contributed by atoms with van der Waals surface area (Å²) in [5.41, 5.74) is 0.915. The van der Waals surface area contributed by atoms with E-state index in [-0.39, 0.29) is 23.8 Å². The number of nitrogens with zero attached hydrogens (tertiary/aromatic N) is 3. The van der Waals surface area contributed by atoms with Crippen molar-refractivity contribution in [3.63, 3.8) is 0 Å². The molecule has 1 aromatic carbocycles. The fourth-order valence-corrected chi connectivity index (χ4v) is 3.95. The van der Waals surface area contributed by atoms with Crippen molar-refractivity contribution in [3.8, 4) is 0 Å². The van der Waals surface area contributed by atoms with Crippen LogP contribution in [0.3, 0.4) is 0 Å². The molecule has 9 heteroatoms. The van der Waals surface area contributed by atoms with Gasteiger partial charge in [0, 0.05) is 6.07 Å². The molecular formula is C19H15FN4O3S. The van der Waals surface area contributed by atoms with Crippen molar-refractivity contribution in [2.75, 3.05) is 5.32 Å². The SMILES string of the molecule is Cc1cc(NC(=O)c2sc3ncn(Cc4cccc(F)c4)c(=O)c3c2C)no1. The van der Waals surface area contributed by atoms with Crippen LogP contribution in [0.5, 0.6) is 0 Å². The van der Waals surface area contributed by atoms with Gasteiger partial charge in [-0.1, -0.05) is 17.3 Å². The quantitative estimate of drug-likeness (QED) is 0.568. The van der Waals surface area contributed by atoms with Crippen molar-refractivity contribution in [1.82, 2.24) is 14.7 Å². The molecule has 28 heavy (non-hydrogen) atoms. The normalized spacial score (nSPS) is 11.1. The van der Waals surface area contributed by atoms with Gasteiger partial charge in [-0.25, -0.2) is 9.37 Å². The predicted octanol–water partition coefficient (Wildman–Crippen LogP) is 3.50. The number of amides is 1. The summed E-state index contributed by atoms with van der Waals surface area (Å²) < 4.78 is 19.7. The van der Waals surface area contributed by atoms with Gasteiger partial charge in [0.15, 0.2) is 5.82 Å². The summed E-state index contributed by atoms with van der Waals surface area (Å²) in [6.07, 6.45) is 1.41. The Labute approximate surface area is 162 Å². The lowest BCUT2D eigenvalue weighted by atomic mass is 10.2. The molecule has 7 nitrogen and oxygen atoms in total. The van der Waals surface area contributed by atoms with E-state index in [1.54, 1.807) is 32.0 Å². The van der Waals surface area contributed by atoms with Gasteiger partial charge in [-0.15, -0.1) is 11.3 Å². The number of hydrogen-bond donors (Lipinski definition) is 1. The fraction of sp³-hybridized carbons (Fsp3) is 0.158. The van der Waals surface area contributed by atoms with Crippen LogP contribution in [0.1, 0.15) is 26.6 Å². The molecule has 0 bridgehead atoms. The lowest BCUT2D eigenvalue weighted by molar-refractivity contribution is 0.102. The summed E-state index contributed by atoms with van der Waals surface area (Å²) in [6, 6.07) is 7.64. The zero-order chi connectivity index (χ0) is 19.8. The average Bonchev–Trinajstić information content (AvgIpc) is 3.21. The molecule has 0 aliphatic heterocycles. The Morgan fingerprint density at radius 3 is 2.86 bits per heavy atom. The van der Waals surface area contributed by atoms with E-state index in [2.05, 4.69) is 15.5 Å². The number of aryl methyl sites for hydroxylation is 2. The molecule has 4 rings (SSSR count). The lowest BCUT2D eigenvalue weighted by Gasteiger charge is -2.06. The van der Waals surface area contributed by atoms with Gasteiger partial charge in [0.05, 0.1) is 23.1 Å². The smallest absolute Gasteiger partial charge is 0.267 e. The average molecular weight is 398 g/mol. The molecule has 1 N–H and O–H groups in total. The largest absolute Gasteiger partial charge is 0.360 e. The molecule has 4 aromatic rings. The molecule has 0 unspecified atom stereocenters. The molecule has 0 aliphatic rings. The molecule has 0 radical (unpaired) electrons. The summed E-state index contributed by atoms with van der Waals surface area (Å²) in [5.74, 6) is 0.124. The Bertz CT molecular complexity index is 1260. The maximum atomic E-state index is 13.4. The van der Waals surface area contributed by atoms with Crippen LogP contribution in [0.25, 0.3) is 10.2 Å². The van der Waals surface area contributed by atoms with Gasteiger partial charge < -0.3 is 9.84 Å². The molecule has 1 amide bonds. The topological polar surface area (TPSA) is 90.0 Å². The van der Waals surface area contributed by atoms with Gasteiger partial charge in [-0.05, 0) is 37.1 Å². The third-order valence-corrected chi connectivity index (χ3v) is 5.43. The van der Waals surface area contributed by atoms with Crippen LogP contribution in [0.4, 0.5) is 10.2 Å². The first-order valence-corrected chi connectivity index (χ1v) is 9.21. The maximum absolute atomic E-state index is 13.4. The molecule has 142 valence electrons. The summed E-state index contributed by atoms with van der Waals surface area (Å²) in [7, 11) is 0.